The molecule has 0 amide bonds. The first kappa shape index (κ1) is 31.6. The number of rotatable bonds is 10. The minimum atomic E-state index is -3.68. The lowest BCUT2D eigenvalue weighted by atomic mass is 10.1. The van der Waals surface area contributed by atoms with E-state index < -0.39 is 20.6 Å². The summed E-state index contributed by atoms with van der Waals surface area (Å²) < 4.78 is 49.3. The van der Waals surface area contributed by atoms with Gasteiger partial charge in [0.15, 0.2) is 0 Å². The summed E-state index contributed by atoms with van der Waals surface area (Å²) in [4.78, 5) is 11.2. The van der Waals surface area contributed by atoms with Gasteiger partial charge in [0.1, 0.15) is 11.6 Å². The lowest BCUT2D eigenvalue weighted by Gasteiger charge is -2.26. The van der Waals surface area contributed by atoms with Gasteiger partial charge in [-0.15, -0.1) is 0 Å². The second-order valence-corrected chi connectivity index (χ2v) is 14.4. The third-order valence-corrected chi connectivity index (χ3v) is 9.60. The molecule has 234 valence electrons. The topological polar surface area (TPSA) is 126 Å². The van der Waals surface area contributed by atoms with Crippen molar-refractivity contribution in [2.45, 2.75) is 39.0 Å². The van der Waals surface area contributed by atoms with E-state index in [0.717, 1.165) is 38.4 Å². The monoisotopic (exact) mass is 642 g/mol. The van der Waals surface area contributed by atoms with Crippen molar-refractivity contribution < 1.29 is 17.5 Å². The lowest BCUT2D eigenvalue weighted by molar-refractivity contribution is 0.0360. The van der Waals surface area contributed by atoms with Crippen LogP contribution >= 0.6 is 11.6 Å². The number of ether oxygens (including phenoxy) is 1. The second-order valence-electron chi connectivity index (χ2n) is 11.5. The minimum Gasteiger partial charge on any atom is -0.379 e. The van der Waals surface area contributed by atoms with Crippen LogP contribution in [0.15, 0.2) is 55.0 Å². The Labute approximate surface area is 261 Å². The highest BCUT2D eigenvalue weighted by Gasteiger charge is 2.29. The summed E-state index contributed by atoms with van der Waals surface area (Å²) in [7, 11) is -3.68. The van der Waals surface area contributed by atoms with Crippen LogP contribution in [-0.2, 0) is 21.3 Å². The number of aromatic nitrogens is 4. The molecule has 2 aromatic carbocycles. The van der Waals surface area contributed by atoms with E-state index in [-0.39, 0.29) is 16.7 Å². The molecule has 2 aromatic heterocycles. The maximum atomic E-state index is 15.2. The van der Waals surface area contributed by atoms with Crippen molar-refractivity contribution >= 4 is 50.5 Å². The molecule has 5 rings (SSSR count). The molecular weight excluding hydrogens is 607 g/mol. The van der Waals surface area contributed by atoms with Crippen LogP contribution in [0.4, 0.5) is 33.2 Å². The Morgan fingerprint density at radius 2 is 1.75 bits per heavy atom. The molecule has 1 aliphatic heterocycles. The van der Waals surface area contributed by atoms with Gasteiger partial charge in [0.2, 0.25) is 16.0 Å². The number of nitrogens with one attached hydrogen (secondary N) is 3. The van der Waals surface area contributed by atoms with Gasteiger partial charge < -0.3 is 15.4 Å². The van der Waals surface area contributed by atoms with Crippen LogP contribution in [0.2, 0.25) is 5.02 Å². The third-order valence-electron chi connectivity index (χ3n) is 7.17. The molecule has 14 heteroatoms. The molecule has 0 atom stereocenters. The molecule has 1 aliphatic rings. The number of aryl methyl sites for hydroxylation is 1. The van der Waals surface area contributed by atoms with Crippen LogP contribution in [0.25, 0.3) is 11.1 Å². The van der Waals surface area contributed by atoms with Crippen LogP contribution in [0.3, 0.4) is 0 Å². The number of hydrogen-bond acceptors (Lipinski definition) is 9. The maximum Gasteiger partial charge on any atom is 0.237 e. The van der Waals surface area contributed by atoms with Gasteiger partial charge in [-0.2, -0.15) is 10.1 Å². The summed E-state index contributed by atoms with van der Waals surface area (Å²) in [5.74, 6) is 0.333. The highest BCUT2D eigenvalue weighted by atomic mass is 35.5. The van der Waals surface area contributed by atoms with Crippen molar-refractivity contribution in [2.75, 3.05) is 48.2 Å². The van der Waals surface area contributed by atoms with Gasteiger partial charge in [-0.3, -0.25) is 14.3 Å². The van der Waals surface area contributed by atoms with Crippen LogP contribution in [0.1, 0.15) is 26.3 Å². The van der Waals surface area contributed by atoms with Crippen molar-refractivity contribution in [3.63, 3.8) is 0 Å². The molecule has 0 bridgehead atoms. The van der Waals surface area contributed by atoms with Gasteiger partial charge in [0.25, 0.3) is 0 Å². The Morgan fingerprint density at radius 3 is 2.48 bits per heavy atom. The van der Waals surface area contributed by atoms with Crippen LogP contribution in [0.5, 0.6) is 0 Å². The largest absolute Gasteiger partial charge is 0.379 e. The number of anilines is 5. The predicted molar refractivity (Wildman–Crippen MR) is 172 cm³/mol. The fraction of sp³-hybridized carbons (Fsp3) is 0.367. The zero-order chi connectivity index (χ0) is 31.5. The van der Waals surface area contributed by atoms with Crippen molar-refractivity contribution in [3.05, 3.63) is 71.4 Å². The van der Waals surface area contributed by atoms with Gasteiger partial charge in [-0.05, 0) is 64.1 Å². The molecule has 3 heterocycles. The fourth-order valence-corrected chi connectivity index (χ4v) is 5.38. The van der Waals surface area contributed by atoms with Gasteiger partial charge in [0.05, 0.1) is 41.4 Å². The Bertz CT molecular complexity index is 1740. The summed E-state index contributed by atoms with van der Waals surface area (Å²) in [5.41, 5.74) is 3.17. The summed E-state index contributed by atoms with van der Waals surface area (Å²) in [6, 6.07) is 9.75. The summed E-state index contributed by atoms with van der Waals surface area (Å²) in [5, 5.41) is 10.9. The van der Waals surface area contributed by atoms with Crippen LogP contribution in [0, 0.1) is 12.7 Å². The van der Waals surface area contributed by atoms with Gasteiger partial charge in [-0.1, -0.05) is 11.6 Å². The van der Waals surface area contributed by atoms with E-state index in [1.54, 1.807) is 63.5 Å². The van der Waals surface area contributed by atoms with E-state index in [4.69, 9.17) is 16.3 Å². The molecule has 1 fully saturated rings. The van der Waals surface area contributed by atoms with Crippen molar-refractivity contribution in [1.29, 1.82) is 0 Å². The molecule has 0 unspecified atom stereocenters. The van der Waals surface area contributed by atoms with E-state index in [2.05, 4.69) is 35.3 Å². The second kappa shape index (κ2) is 13.1. The first-order valence-electron chi connectivity index (χ1n) is 14.2. The van der Waals surface area contributed by atoms with Gasteiger partial charge in [0, 0.05) is 60.1 Å². The highest BCUT2D eigenvalue weighted by Crippen LogP contribution is 2.31. The van der Waals surface area contributed by atoms with E-state index in [9.17, 15) is 8.42 Å². The normalized spacial score (nSPS) is 14.4. The van der Waals surface area contributed by atoms with E-state index >= 15 is 4.39 Å². The molecular formula is C30H36ClFN8O3S. The minimum absolute atomic E-state index is 0.245. The highest BCUT2D eigenvalue weighted by molar-refractivity contribution is 7.94. The number of hydrogen-bond donors (Lipinski definition) is 3. The number of halogens is 2. The smallest absolute Gasteiger partial charge is 0.237 e. The van der Waals surface area contributed by atoms with E-state index in [0.29, 0.717) is 34.9 Å². The third kappa shape index (κ3) is 7.65. The first-order chi connectivity index (χ1) is 20.9. The van der Waals surface area contributed by atoms with E-state index in [1.165, 1.54) is 6.07 Å². The number of benzene rings is 2. The quantitative estimate of drug-likeness (QED) is 0.197. The summed E-state index contributed by atoms with van der Waals surface area (Å²) in [6.45, 7) is 11.5. The molecule has 1 saturated heterocycles. The predicted octanol–water partition coefficient (Wildman–Crippen LogP) is 5.80. The molecule has 0 saturated carbocycles. The molecule has 3 N–H and O–H groups in total. The van der Waals surface area contributed by atoms with Crippen molar-refractivity contribution in [2.24, 2.45) is 0 Å². The Kier molecular flexibility index (Phi) is 9.39. The number of sulfonamides is 1. The zero-order valence-corrected chi connectivity index (χ0v) is 26.6. The Hall–Kier alpha value is -3.78. The average molecular weight is 643 g/mol. The van der Waals surface area contributed by atoms with Crippen molar-refractivity contribution in [1.82, 2.24) is 24.6 Å². The van der Waals surface area contributed by atoms with Crippen molar-refractivity contribution in [3.8, 4) is 11.1 Å². The maximum absolute atomic E-state index is 15.2. The van der Waals surface area contributed by atoms with Gasteiger partial charge >= 0.3 is 0 Å². The zero-order valence-electron chi connectivity index (χ0n) is 25.1. The summed E-state index contributed by atoms with van der Waals surface area (Å²) in [6.07, 6.45) is 5.15. The van der Waals surface area contributed by atoms with Gasteiger partial charge in [-0.25, -0.2) is 17.8 Å². The Morgan fingerprint density at radius 1 is 1.02 bits per heavy atom. The number of nitrogens with zero attached hydrogens (tertiary/aromatic N) is 5. The lowest BCUT2D eigenvalue weighted by Crippen LogP contribution is -2.38. The average Bonchev–Trinajstić information content (AvgIpc) is 3.44. The molecule has 44 heavy (non-hydrogen) atoms. The van der Waals surface area contributed by atoms with E-state index in [1.807, 2.05) is 17.8 Å². The molecule has 11 nitrogen and oxygen atoms in total. The standard InChI is InChI=1S/C30H36ClFN8O3S/c1-20-17-33-29(37-28(20)35-23-6-8-25(31)27(16-23)38-44(41,42)30(2,3)4)36-22-5-7-24(26(32)15-22)21-18-34-40(19-21)10-9-39-11-13-43-14-12-39/h5-8,15-19,38H,9-14H2,1-4H3,(H2,33,35,36,37). The SMILES string of the molecule is Cc1cnc(Nc2ccc(-c3cnn(CCN4CCOCC4)c3)c(F)c2)nc1Nc1ccc(Cl)c(NS(=O)(=O)C(C)(C)C)c1. The first-order valence-corrected chi connectivity index (χ1v) is 16.1. The molecule has 4 aromatic rings. The molecule has 0 radical (unpaired) electrons. The fourth-order valence-electron chi connectivity index (χ4n) is 4.39. The number of morpholine rings is 1. The molecule has 0 aliphatic carbocycles. The molecule has 0 spiro atoms. The Balaban J connectivity index is 1.26. The summed E-state index contributed by atoms with van der Waals surface area (Å²) >= 11 is 6.28. The van der Waals surface area contributed by atoms with Crippen LogP contribution in [-0.4, -0.2) is 70.7 Å². The van der Waals surface area contributed by atoms with Crippen LogP contribution < -0.4 is 15.4 Å².